The van der Waals surface area contributed by atoms with Crippen LogP contribution >= 0.6 is 0 Å². The molecule has 1 amide bonds. The number of benzene rings is 2. The van der Waals surface area contributed by atoms with Gasteiger partial charge in [0.2, 0.25) is 0 Å². The van der Waals surface area contributed by atoms with Gasteiger partial charge in [0.25, 0.3) is 11.7 Å². The summed E-state index contributed by atoms with van der Waals surface area (Å²) >= 11 is 0. The number of ether oxygens (including phenoxy) is 3. The van der Waals surface area contributed by atoms with Gasteiger partial charge in [0.15, 0.2) is 11.5 Å². The van der Waals surface area contributed by atoms with Gasteiger partial charge in [0.05, 0.1) is 24.8 Å². The first kappa shape index (κ1) is 29.8. The number of carbonyl (C=O) groups is 2. The lowest BCUT2D eigenvalue weighted by molar-refractivity contribution is -0.140. The number of nitrogens with zero attached hydrogens (tertiary/aromatic N) is 2. The predicted molar refractivity (Wildman–Crippen MR) is 152 cm³/mol. The van der Waals surface area contributed by atoms with Crippen LogP contribution in [0.2, 0.25) is 0 Å². The van der Waals surface area contributed by atoms with Crippen LogP contribution in [0.15, 0.2) is 54.6 Å². The Morgan fingerprint density at radius 2 is 1.79 bits per heavy atom. The molecule has 2 aromatic carbocycles. The van der Waals surface area contributed by atoms with Gasteiger partial charge in [0.1, 0.15) is 18.1 Å². The molecule has 1 saturated heterocycles. The van der Waals surface area contributed by atoms with Crippen LogP contribution < -0.4 is 14.2 Å². The van der Waals surface area contributed by atoms with Crippen molar-refractivity contribution >= 4 is 17.4 Å². The van der Waals surface area contributed by atoms with Gasteiger partial charge in [0, 0.05) is 18.7 Å². The molecule has 1 fully saturated rings. The molecule has 0 saturated carbocycles. The largest absolute Gasteiger partial charge is 0.507 e. The van der Waals surface area contributed by atoms with Crippen molar-refractivity contribution in [3.63, 3.8) is 0 Å². The van der Waals surface area contributed by atoms with Crippen LogP contribution in [0.1, 0.15) is 50.4 Å². The third kappa shape index (κ3) is 6.63. The molecule has 3 rings (SSSR count). The smallest absolute Gasteiger partial charge is 0.295 e. The van der Waals surface area contributed by atoms with E-state index in [1.54, 1.807) is 42.5 Å². The highest BCUT2D eigenvalue weighted by Crippen LogP contribution is 2.42. The maximum Gasteiger partial charge on any atom is 0.295 e. The van der Waals surface area contributed by atoms with Gasteiger partial charge >= 0.3 is 0 Å². The molecule has 1 aliphatic rings. The molecule has 0 radical (unpaired) electrons. The Hall–Kier alpha value is -3.78. The molecule has 39 heavy (non-hydrogen) atoms. The predicted octanol–water partition coefficient (Wildman–Crippen LogP) is 5.12. The van der Waals surface area contributed by atoms with Crippen molar-refractivity contribution in [3.8, 4) is 17.2 Å². The summed E-state index contributed by atoms with van der Waals surface area (Å²) in [5.74, 6) is 0.0677. The molecule has 0 bridgehead atoms. The number of aliphatic hydroxyl groups excluding tert-OH is 1. The van der Waals surface area contributed by atoms with Crippen LogP contribution in [0.3, 0.4) is 0 Å². The fraction of sp³-hybridized carbons (Fsp3) is 0.419. The molecule has 1 aliphatic heterocycles. The lowest BCUT2D eigenvalue weighted by Gasteiger charge is -2.28. The molecular weight excluding hydrogens is 496 g/mol. The van der Waals surface area contributed by atoms with Gasteiger partial charge in [-0.05, 0) is 75.3 Å². The highest BCUT2D eigenvalue weighted by atomic mass is 16.5. The van der Waals surface area contributed by atoms with E-state index in [1.807, 2.05) is 20.8 Å². The second-order valence-corrected chi connectivity index (χ2v) is 9.68. The van der Waals surface area contributed by atoms with Crippen LogP contribution in [-0.2, 0) is 9.59 Å². The van der Waals surface area contributed by atoms with Crippen LogP contribution in [0.25, 0.3) is 5.76 Å². The number of hydrogen-bond acceptors (Lipinski definition) is 7. The van der Waals surface area contributed by atoms with Gasteiger partial charge < -0.3 is 29.1 Å². The highest BCUT2D eigenvalue weighted by Gasteiger charge is 2.46. The van der Waals surface area contributed by atoms with Crippen LogP contribution in [0, 0.1) is 6.92 Å². The van der Waals surface area contributed by atoms with E-state index in [0.717, 1.165) is 18.7 Å². The first-order valence-electron chi connectivity index (χ1n) is 13.4. The minimum atomic E-state index is -0.796. The van der Waals surface area contributed by atoms with E-state index in [9.17, 15) is 14.7 Å². The molecule has 0 aliphatic carbocycles. The summed E-state index contributed by atoms with van der Waals surface area (Å²) < 4.78 is 17.1. The van der Waals surface area contributed by atoms with Crippen molar-refractivity contribution in [2.24, 2.45) is 0 Å². The van der Waals surface area contributed by atoms with Crippen LogP contribution in [-0.4, -0.2) is 72.6 Å². The fourth-order valence-corrected chi connectivity index (χ4v) is 4.71. The summed E-state index contributed by atoms with van der Waals surface area (Å²) in [4.78, 5) is 30.5. The van der Waals surface area contributed by atoms with Crippen molar-refractivity contribution in [3.05, 3.63) is 71.3 Å². The Balaban J connectivity index is 2.14. The first-order valence-corrected chi connectivity index (χ1v) is 13.4. The Kier molecular flexibility index (Phi) is 10.2. The lowest BCUT2D eigenvalue weighted by Crippen LogP contribution is -2.38. The molecule has 1 atom stereocenters. The number of ketones is 1. The van der Waals surface area contributed by atoms with Gasteiger partial charge in [-0.2, -0.15) is 0 Å². The number of carbonyl (C=O) groups excluding carboxylic acids is 2. The van der Waals surface area contributed by atoms with E-state index in [0.29, 0.717) is 48.1 Å². The Morgan fingerprint density at radius 1 is 1.10 bits per heavy atom. The van der Waals surface area contributed by atoms with Gasteiger partial charge in [-0.25, -0.2) is 0 Å². The molecule has 8 nitrogen and oxygen atoms in total. The molecular formula is C31H40N2O6. The first-order chi connectivity index (χ1) is 18.7. The number of amides is 1. The number of rotatable bonds is 13. The third-order valence-corrected chi connectivity index (χ3v) is 6.76. The highest BCUT2D eigenvalue weighted by molar-refractivity contribution is 6.46. The Bertz CT molecular complexity index is 1230. The molecule has 210 valence electrons. The van der Waals surface area contributed by atoms with Crippen LogP contribution in [0.5, 0.6) is 17.2 Å². The zero-order valence-electron chi connectivity index (χ0n) is 23.8. The summed E-state index contributed by atoms with van der Waals surface area (Å²) in [7, 11) is 1.53. The van der Waals surface area contributed by atoms with Crippen molar-refractivity contribution in [2.75, 3.05) is 39.9 Å². The zero-order chi connectivity index (χ0) is 28.7. The number of likely N-dealkylation sites (tertiary alicyclic amines) is 1. The van der Waals surface area contributed by atoms with E-state index in [-0.39, 0.29) is 17.4 Å². The van der Waals surface area contributed by atoms with Gasteiger partial charge in [-0.3, -0.25) is 9.59 Å². The second-order valence-electron chi connectivity index (χ2n) is 9.68. The fourth-order valence-electron chi connectivity index (χ4n) is 4.71. The summed E-state index contributed by atoms with van der Waals surface area (Å²) in [5, 5.41) is 11.5. The molecule has 8 heteroatoms. The van der Waals surface area contributed by atoms with E-state index >= 15 is 0 Å². The quantitative estimate of drug-likeness (QED) is 0.165. The number of methoxy groups -OCH3 is 1. The average molecular weight is 537 g/mol. The molecule has 1 unspecified atom stereocenters. The standard InChI is InChI=1S/C31H40N2O6/c1-8-17-38-25-14-11-22(19-26(25)37-7)28-27(30(35)31(36)33(28)16-15-32(9-2)10-3)29(34)23-12-13-24(21(6)18-23)39-20(4)5/h8,11-14,18-20,28,34H,1,9-10,15-17H2,2-7H3/b29-27+. The SMILES string of the molecule is C=CCOc1ccc(C2/C(=C(\O)c3ccc(OC(C)C)c(C)c3)C(=O)C(=O)N2CCN(CC)CC)cc1OC. The van der Waals surface area contributed by atoms with Crippen molar-refractivity contribution in [1.29, 1.82) is 0 Å². The summed E-state index contributed by atoms with van der Waals surface area (Å²) in [6, 6.07) is 9.72. The average Bonchev–Trinajstić information content (AvgIpc) is 3.17. The summed E-state index contributed by atoms with van der Waals surface area (Å²) in [6.45, 7) is 16.4. The normalized spacial score (nSPS) is 16.7. The maximum absolute atomic E-state index is 13.4. The Morgan fingerprint density at radius 3 is 2.38 bits per heavy atom. The number of aryl methyl sites for hydroxylation is 1. The molecule has 1 heterocycles. The van der Waals surface area contributed by atoms with E-state index < -0.39 is 17.7 Å². The van der Waals surface area contributed by atoms with Crippen molar-refractivity contribution in [1.82, 2.24) is 9.80 Å². The topological polar surface area (TPSA) is 88.5 Å². The summed E-state index contributed by atoms with van der Waals surface area (Å²) in [6.07, 6.45) is 1.63. The number of aliphatic hydroxyl groups is 1. The lowest BCUT2D eigenvalue weighted by atomic mass is 9.94. The van der Waals surface area contributed by atoms with E-state index in [4.69, 9.17) is 14.2 Å². The molecule has 2 aromatic rings. The third-order valence-electron chi connectivity index (χ3n) is 6.76. The number of hydrogen-bond donors (Lipinski definition) is 1. The van der Waals surface area contributed by atoms with Crippen LogP contribution in [0.4, 0.5) is 0 Å². The Labute approximate surface area is 231 Å². The van der Waals surface area contributed by atoms with E-state index in [2.05, 4.69) is 25.3 Å². The van der Waals surface area contributed by atoms with Gasteiger partial charge in [-0.15, -0.1) is 0 Å². The minimum Gasteiger partial charge on any atom is -0.507 e. The molecule has 1 N–H and O–H groups in total. The van der Waals surface area contributed by atoms with Gasteiger partial charge in [-0.1, -0.05) is 32.6 Å². The number of likely N-dealkylation sites (N-methyl/N-ethyl adjacent to an activating group) is 1. The monoisotopic (exact) mass is 536 g/mol. The molecule has 0 spiro atoms. The van der Waals surface area contributed by atoms with Crippen molar-refractivity contribution in [2.45, 2.75) is 46.8 Å². The van der Waals surface area contributed by atoms with E-state index in [1.165, 1.54) is 12.0 Å². The van der Waals surface area contributed by atoms with Crippen molar-refractivity contribution < 1.29 is 28.9 Å². The minimum absolute atomic E-state index is 0.00677. The maximum atomic E-state index is 13.4. The summed E-state index contributed by atoms with van der Waals surface area (Å²) in [5.41, 5.74) is 1.92. The zero-order valence-corrected chi connectivity index (χ0v) is 23.8. The second kappa shape index (κ2) is 13.3. The number of Topliss-reactive ketones (excluding diaryl/α,β-unsaturated/α-hetero) is 1. The molecule has 0 aromatic heterocycles.